The fourth-order valence-corrected chi connectivity index (χ4v) is 4.03. The molecule has 0 radical (unpaired) electrons. The fourth-order valence-electron chi connectivity index (χ4n) is 4.03. The average molecular weight is 380 g/mol. The Labute approximate surface area is 167 Å². The number of pyridine rings is 1. The van der Waals surface area contributed by atoms with Crippen molar-refractivity contribution >= 4 is 17.4 Å². The Bertz CT molecular complexity index is 1280. The molecular weight excluding hydrogens is 364 g/mol. The van der Waals surface area contributed by atoms with E-state index in [1.54, 1.807) is 20.1 Å². The Morgan fingerprint density at radius 1 is 1.14 bits per heavy atom. The molecule has 5 rings (SSSR count). The molecule has 0 atom stereocenters. The van der Waals surface area contributed by atoms with Crippen LogP contribution in [0.15, 0.2) is 42.5 Å². The van der Waals surface area contributed by atoms with Gasteiger partial charge in [0, 0.05) is 22.3 Å². The van der Waals surface area contributed by atoms with E-state index in [-0.39, 0.29) is 12.4 Å². The lowest BCUT2D eigenvalue weighted by atomic mass is 9.90. The Morgan fingerprint density at radius 3 is 2.69 bits per heavy atom. The second-order valence-corrected chi connectivity index (χ2v) is 7.02. The molecule has 5 nitrogen and oxygen atoms in total. The lowest BCUT2D eigenvalue weighted by Crippen LogP contribution is -2.13. The number of nitrogens with zero attached hydrogens (tertiary/aromatic N) is 2. The van der Waals surface area contributed by atoms with E-state index in [1.165, 1.54) is 0 Å². The minimum Gasteiger partial charge on any atom is -0.497 e. The topological polar surface area (TPSA) is 72.2 Å². The van der Waals surface area contributed by atoms with Gasteiger partial charge < -0.3 is 9.47 Å². The largest absolute Gasteiger partial charge is 0.497 e. The predicted molar refractivity (Wildman–Crippen MR) is 109 cm³/mol. The summed E-state index contributed by atoms with van der Waals surface area (Å²) in [4.78, 5) is 17.9. The molecule has 140 valence electrons. The molecule has 29 heavy (non-hydrogen) atoms. The van der Waals surface area contributed by atoms with E-state index in [0.29, 0.717) is 39.4 Å². The van der Waals surface area contributed by atoms with Crippen molar-refractivity contribution in [3.05, 3.63) is 76.0 Å². The molecule has 0 spiro atoms. The summed E-state index contributed by atoms with van der Waals surface area (Å²) in [7, 11) is 1.61. The third kappa shape index (κ3) is 2.46. The van der Waals surface area contributed by atoms with Crippen LogP contribution >= 0.6 is 0 Å². The number of hydrogen-bond acceptors (Lipinski definition) is 5. The zero-order chi connectivity index (χ0) is 20.1. The zero-order valence-electron chi connectivity index (χ0n) is 15.9. The third-order valence-corrected chi connectivity index (χ3v) is 5.39. The highest BCUT2D eigenvalue weighted by Gasteiger charge is 2.34. The van der Waals surface area contributed by atoms with Crippen LogP contribution in [0, 0.1) is 18.3 Å². The SMILES string of the molecule is COc1ccc2c(c1)C=C(c1c(C#N)c(C)nc3c1C(=O)c1ccccc1-3)CO2. The standard InChI is InChI=1S/C24H16N2O3/c1-13-19(11-25)21(15-9-14-10-16(28-2)7-8-20(14)29-12-15)22-23(26-13)17-5-3-4-6-18(17)24(22)27/h3-10H,12H2,1-2H3. The highest BCUT2D eigenvalue weighted by Crippen LogP contribution is 2.43. The van der Waals surface area contributed by atoms with E-state index in [2.05, 4.69) is 11.1 Å². The molecule has 5 heteroatoms. The first-order chi connectivity index (χ1) is 14.1. The number of rotatable bonds is 2. The Balaban J connectivity index is 1.79. The van der Waals surface area contributed by atoms with Gasteiger partial charge in [-0.15, -0.1) is 0 Å². The first-order valence-electron chi connectivity index (χ1n) is 9.23. The van der Waals surface area contributed by atoms with Crippen LogP contribution in [0.4, 0.5) is 0 Å². The van der Waals surface area contributed by atoms with Crippen molar-refractivity contribution in [3.63, 3.8) is 0 Å². The van der Waals surface area contributed by atoms with Gasteiger partial charge in [0.1, 0.15) is 24.2 Å². The van der Waals surface area contributed by atoms with E-state index in [1.807, 2.05) is 42.5 Å². The Morgan fingerprint density at radius 2 is 1.93 bits per heavy atom. The molecule has 3 aromatic rings. The summed E-state index contributed by atoms with van der Waals surface area (Å²) in [6, 6.07) is 15.3. The number of fused-ring (bicyclic) bond motifs is 4. The van der Waals surface area contributed by atoms with E-state index in [0.717, 1.165) is 22.4 Å². The maximum absolute atomic E-state index is 13.2. The number of hydrogen-bond donors (Lipinski definition) is 0. The van der Waals surface area contributed by atoms with E-state index >= 15 is 0 Å². The van der Waals surface area contributed by atoms with Crippen LogP contribution in [0.3, 0.4) is 0 Å². The molecule has 0 unspecified atom stereocenters. The Kier molecular flexibility index (Phi) is 3.75. The third-order valence-electron chi connectivity index (χ3n) is 5.39. The number of aryl methyl sites for hydroxylation is 1. The van der Waals surface area contributed by atoms with E-state index in [4.69, 9.17) is 9.47 Å². The summed E-state index contributed by atoms with van der Waals surface area (Å²) < 4.78 is 11.3. The zero-order valence-corrected chi connectivity index (χ0v) is 15.9. The maximum Gasteiger partial charge on any atom is 0.196 e. The predicted octanol–water partition coefficient (Wildman–Crippen LogP) is 4.41. The molecular formula is C24H16N2O3. The minimum atomic E-state index is -0.105. The summed E-state index contributed by atoms with van der Waals surface area (Å²) >= 11 is 0. The quantitative estimate of drug-likeness (QED) is 0.515. The number of ketones is 1. The van der Waals surface area contributed by atoms with Gasteiger partial charge in [0.05, 0.1) is 29.6 Å². The van der Waals surface area contributed by atoms with Crippen molar-refractivity contribution < 1.29 is 14.3 Å². The number of methoxy groups -OCH3 is 1. The summed E-state index contributed by atoms with van der Waals surface area (Å²) in [6.07, 6.45) is 1.97. The number of carbonyl (C=O) groups excluding carboxylic acids is 1. The molecule has 0 amide bonds. The highest BCUT2D eigenvalue weighted by atomic mass is 16.5. The maximum atomic E-state index is 13.2. The second kappa shape index (κ2) is 6.32. The van der Waals surface area contributed by atoms with Crippen molar-refractivity contribution in [3.8, 4) is 28.8 Å². The number of nitriles is 1. The van der Waals surface area contributed by atoms with Crippen LogP contribution in [0.2, 0.25) is 0 Å². The molecule has 2 aliphatic rings. The van der Waals surface area contributed by atoms with Crippen LogP contribution in [-0.2, 0) is 0 Å². The van der Waals surface area contributed by atoms with Gasteiger partial charge in [-0.2, -0.15) is 5.26 Å². The lowest BCUT2D eigenvalue weighted by Gasteiger charge is -2.21. The lowest BCUT2D eigenvalue weighted by molar-refractivity contribution is 0.104. The van der Waals surface area contributed by atoms with Gasteiger partial charge in [0.25, 0.3) is 0 Å². The highest BCUT2D eigenvalue weighted by molar-refractivity contribution is 6.23. The van der Waals surface area contributed by atoms with Gasteiger partial charge >= 0.3 is 0 Å². The molecule has 0 N–H and O–H groups in total. The van der Waals surface area contributed by atoms with Gasteiger partial charge in [-0.25, -0.2) is 0 Å². The first-order valence-corrected chi connectivity index (χ1v) is 9.23. The number of benzene rings is 2. The molecule has 0 fully saturated rings. The van der Waals surface area contributed by atoms with Crippen molar-refractivity contribution in [2.24, 2.45) is 0 Å². The van der Waals surface area contributed by atoms with Crippen LogP contribution in [0.5, 0.6) is 11.5 Å². The van der Waals surface area contributed by atoms with Gasteiger partial charge in [0.15, 0.2) is 5.78 Å². The van der Waals surface area contributed by atoms with Gasteiger partial charge in [-0.1, -0.05) is 24.3 Å². The van der Waals surface area contributed by atoms with E-state index < -0.39 is 0 Å². The van der Waals surface area contributed by atoms with Crippen molar-refractivity contribution in [2.75, 3.05) is 13.7 Å². The minimum absolute atomic E-state index is 0.105. The van der Waals surface area contributed by atoms with Gasteiger partial charge in [0.2, 0.25) is 0 Å². The Hall–Kier alpha value is -3.91. The van der Waals surface area contributed by atoms with Gasteiger partial charge in [-0.3, -0.25) is 9.78 Å². The smallest absolute Gasteiger partial charge is 0.196 e. The summed E-state index contributed by atoms with van der Waals surface area (Å²) in [6.45, 7) is 2.07. The van der Waals surface area contributed by atoms with Crippen molar-refractivity contribution in [1.82, 2.24) is 4.98 Å². The van der Waals surface area contributed by atoms with Gasteiger partial charge in [-0.05, 0) is 36.8 Å². The van der Waals surface area contributed by atoms with Crippen LogP contribution < -0.4 is 9.47 Å². The average Bonchev–Trinajstić information content (AvgIpc) is 3.04. The molecule has 1 aliphatic carbocycles. The van der Waals surface area contributed by atoms with Crippen molar-refractivity contribution in [1.29, 1.82) is 5.26 Å². The molecule has 2 heterocycles. The van der Waals surface area contributed by atoms with Crippen LogP contribution in [0.1, 0.15) is 38.3 Å². The number of ether oxygens (including phenoxy) is 2. The molecule has 1 aliphatic heterocycles. The van der Waals surface area contributed by atoms with Crippen LogP contribution in [-0.4, -0.2) is 24.5 Å². The normalized spacial score (nSPS) is 13.6. The summed E-state index contributed by atoms with van der Waals surface area (Å²) in [5.41, 5.74) is 5.79. The molecule has 0 saturated carbocycles. The summed E-state index contributed by atoms with van der Waals surface area (Å²) in [5.74, 6) is 1.35. The monoisotopic (exact) mass is 380 g/mol. The summed E-state index contributed by atoms with van der Waals surface area (Å²) in [5, 5.41) is 9.85. The van der Waals surface area contributed by atoms with E-state index in [9.17, 15) is 10.1 Å². The molecule has 1 aromatic heterocycles. The fraction of sp³-hybridized carbons (Fsp3) is 0.125. The van der Waals surface area contributed by atoms with Crippen LogP contribution in [0.25, 0.3) is 22.9 Å². The molecule has 0 bridgehead atoms. The molecule has 2 aromatic carbocycles. The number of carbonyl (C=O) groups is 1. The molecule has 0 saturated heterocycles. The first kappa shape index (κ1) is 17.2. The second-order valence-electron chi connectivity index (χ2n) is 7.02. The number of aromatic nitrogens is 1. The van der Waals surface area contributed by atoms with Crippen molar-refractivity contribution in [2.45, 2.75) is 6.92 Å².